The summed E-state index contributed by atoms with van der Waals surface area (Å²) in [4.78, 5) is 14.7. The number of carbonyl (C=O) groups is 1. The second-order valence-corrected chi connectivity index (χ2v) is 7.18. The van der Waals surface area contributed by atoms with Crippen LogP contribution in [0.5, 0.6) is 5.75 Å². The summed E-state index contributed by atoms with van der Waals surface area (Å²) in [7, 11) is 2.73. The highest BCUT2D eigenvalue weighted by molar-refractivity contribution is 7.09. The quantitative estimate of drug-likeness (QED) is 0.579. The van der Waals surface area contributed by atoms with Gasteiger partial charge in [-0.3, -0.25) is 0 Å². The molecule has 2 unspecified atom stereocenters. The lowest BCUT2D eigenvalue weighted by atomic mass is 10.1. The summed E-state index contributed by atoms with van der Waals surface area (Å²) < 4.78 is 53.3. The summed E-state index contributed by atoms with van der Waals surface area (Å²) in [6.45, 7) is 2.15. The lowest BCUT2D eigenvalue weighted by Gasteiger charge is -2.19. The van der Waals surface area contributed by atoms with Crippen LogP contribution < -0.4 is 10.1 Å². The van der Waals surface area contributed by atoms with E-state index in [-0.39, 0.29) is 18.3 Å². The van der Waals surface area contributed by atoms with E-state index >= 15 is 0 Å². The van der Waals surface area contributed by atoms with Gasteiger partial charge in [0.05, 0.1) is 12.8 Å². The fraction of sp³-hybridized carbons (Fsp3) is 0.474. The lowest BCUT2D eigenvalue weighted by Crippen LogP contribution is -2.32. The maximum absolute atomic E-state index is 12.7. The third-order valence-electron chi connectivity index (χ3n) is 4.08. The van der Waals surface area contributed by atoms with Crippen LogP contribution in [0.3, 0.4) is 0 Å². The molecule has 2 atom stereocenters. The number of nitrogens with one attached hydrogen (secondary N) is 1. The van der Waals surface area contributed by atoms with Crippen molar-refractivity contribution < 1.29 is 32.2 Å². The minimum absolute atomic E-state index is 0.0511. The molecule has 1 aromatic carbocycles. The molecule has 29 heavy (non-hydrogen) atoms. The number of methoxy groups -OCH3 is 2. The normalized spacial score (nSPS) is 13.7. The van der Waals surface area contributed by atoms with E-state index in [2.05, 4.69) is 15.0 Å². The molecule has 10 heteroatoms. The molecule has 0 radical (unpaired) electrons. The molecular weight excluding hydrogens is 409 g/mol. The fourth-order valence-corrected chi connectivity index (χ4v) is 3.26. The summed E-state index contributed by atoms with van der Waals surface area (Å²) in [6, 6.07) is 7.34. The highest BCUT2D eigenvalue weighted by Crippen LogP contribution is 2.33. The molecule has 0 spiro atoms. The van der Waals surface area contributed by atoms with Crippen LogP contribution in [0.25, 0.3) is 0 Å². The van der Waals surface area contributed by atoms with Crippen LogP contribution >= 0.6 is 11.3 Å². The molecule has 0 aliphatic heterocycles. The summed E-state index contributed by atoms with van der Waals surface area (Å²) >= 11 is 0.561. The van der Waals surface area contributed by atoms with Gasteiger partial charge in [-0.15, -0.1) is 11.3 Å². The third-order valence-corrected chi connectivity index (χ3v) is 4.99. The van der Waals surface area contributed by atoms with Gasteiger partial charge in [-0.25, -0.2) is 9.78 Å². The van der Waals surface area contributed by atoms with E-state index in [0.29, 0.717) is 30.1 Å². The number of hydrogen-bond donors (Lipinski definition) is 1. The van der Waals surface area contributed by atoms with E-state index < -0.39 is 23.3 Å². The van der Waals surface area contributed by atoms with Gasteiger partial charge < -0.3 is 19.5 Å². The predicted octanol–water partition coefficient (Wildman–Crippen LogP) is 3.62. The molecule has 1 aromatic heterocycles. The first-order valence-corrected chi connectivity index (χ1v) is 9.68. The number of thiazole rings is 1. The zero-order valence-electron chi connectivity index (χ0n) is 16.3. The Morgan fingerprint density at radius 2 is 1.93 bits per heavy atom. The average molecular weight is 432 g/mol. The molecule has 0 aliphatic carbocycles. The molecule has 2 rings (SSSR count). The lowest BCUT2D eigenvalue weighted by molar-refractivity contribution is -0.143. The van der Waals surface area contributed by atoms with Crippen molar-refractivity contribution in [3.05, 3.63) is 45.9 Å². The maximum atomic E-state index is 12.7. The van der Waals surface area contributed by atoms with Crippen LogP contribution in [0.4, 0.5) is 13.2 Å². The molecule has 160 valence electrons. The molecule has 0 saturated heterocycles. The van der Waals surface area contributed by atoms with Gasteiger partial charge in [0.2, 0.25) is 0 Å². The van der Waals surface area contributed by atoms with Crippen LogP contribution in [0.15, 0.2) is 29.6 Å². The zero-order valence-corrected chi connectivity index (χ0v) is 17.1. The Labute approximate surface area is 171 Å². The number of rotatable bonds is 10. The van der Waals surface area contributed by atoms with Gasteiger partial charge in [0.15, 0.2) is 11.6 Å². The minimum Gasteiger partial charge on any atom is -0.482 e. The predicted molar refractivity (Wildman–Crippen MR) is 102 cm³/mol. The van der Waals surface area contributed by atoms with Crippen LogP contribution in [0.2, 0.25) is 0 Å². The summed E-state index contributed by atoms with van der Waals surface area (Å²) in [5, 5.41) is 3.75. The number of carbonyl (C=O) groups excluding carboxylic acids is 1. The van der Waals surface area contributed by atoms with E-state index in [4.69, 9.17) is 9.47 Å². The van der Waals surface area contributed by atoms with Crippen molar-refractivity contribution in [3.63, 3.8) is 0 Å². The minimum atomic E-state index is -4.45. The van der Waals surface area contributed by atoms with Gasteiger partial charge in [-0.05, 0) is 31.0 Å². The van der Waals surface area contributed by atoms with Crippen molar-refractivity contribution in [3.8, 4) is 5.75 Å². The van der Waals surface area contributed by atoms with Crippen molar-refractivity contribution in [1.82, 2.24) is 10.3 Å². The smallest absolute Gasteiger partial charge is 0.443 e. The third kappa shape index (κ3) is 7.30. The summed E-state index contributed by atoms with van der Waals surface area (Å²) in [5.41, 5.74) is 1.30. The van der Waals surface area contributed by atoms with Gasteiger partial charge in [-0.1, -0.05) is 12.1 Å². The van der Waals surface area contributed by atoms with Crippen molar-refractivity contribution in [2.45, 2.75) is 31.7 Å². The SMILES string of the molecule is COC(=O)COc1ccc(CC(C)NCC(OC)c2csc(C(F)(F)F)n2)cc1. The van der Waals surface area contributed by atoms with Gasteiger partial charge in [0.25, 0.3) is 0 Å². The first-order chi connectivity index (χ1) is 13.7. The van der Waals surface area contributed by atoms with Crippen molar-refractivity contribution in [1.29, 1.82) is 0 Å². The molecule has 1 N–H and O–H groups in total. The number of nitrogens with zero attached hydrogens (tertiary/aromatic N) is 1. The molecule has 0 aliphatic rings. The Bertz CT molecular complexity index is 781. The Hall–Kier alpha value is -2.17. The monoisotopic (exact) mass is 432 g/mol. The Morgan fingerprint density at radius 1 is 1.24 bits per heavy atom. The largest absolute Gasteiger partial charge is 0.482 e. The summed E-state index contributed by atoms with van der Waals surface area (Å²) in [5.74, 6) is 0.102. The highest BCUT2D eigenvalue weighted by Gasteiger charge is 2.35. The highest BCUT2D eigenvalue weighted by atomic mass is 32.1. The Morgan fingerprint density at radius 3 is 2.48 bits per heavy atom. The van der Waals surface area contributed by atoms with E-state index in [1.54, 1.807) is 12.1 Å². The number of aromatic nitrogens is 1. The van der Waals surface area contributed by atoms with Crippen LogP contribution in [-0.2, 0) is 26.9 Å². The Kier molecular flexibility index (Phi) is 8.42. The van der Waals surface area contributed by atoms with E-state index in [0.717, 1.165) is 5.56 Å². The molecule has 1 heterocycles. The second-order valence-electron chi connectivity index (χ2n) is 6.32. The van der Waals surface area contributed by atoms with Crippen LogP contribution in [0.1, 0.15) is 29.3 Å². The summed E-state index contributed by atoms with van der Waals surface area (Å²) in [6.07, 6.45) is -4.33. The zero-order chi connectivity index (χ0) is 21.4. The van der Waals surface area contributed by atoms with Crippen molar-refractivity contribution in [2.24, 2.45) is 0 Å². The number of ether oxygens (including phenoxy) is 3. The number of alkyl halides is 3. The molecule has 0 bridgehead atoms. The van der Waals surface area contributed by atoms with Gasteiger partial charge in [0, 0.05) is 25.1 Å². The molecule has 0 fully saturated rings. The Balaban J connectivity index is 1.84. The van der Waals surface area contributed by atoms with E-state index in [1.807, 2.05) is 19.1 Å². The van der Waals surface area contributed by atoms with Gasteiger partial charge >= 0.3 is 12.1 Å². The number of esters is 1. The first kappa shape index (κ1) is 23.1. The molecule has 0 amide bonds. The average Bonchev–Trinajstić information content (AvgIpc) is 3.18. The standard InChI is InChI=1S/C19H23F3N2O4S/c1-12(8-13-4-6-14(7-5-13)28-10-17(25)27-3)23-9-16(26-2)15-11-29-18(24-15)19(20,21)22/h4-7,11-12,16,23H,8-10H2,1-3H3. The van der Waals surface area contributed by atoms with E-state index in [1.165, 1.54) is 19.6 Å². The van der Waals surface area contributed by atoms with Crippen molar-refractivity contribution >= 4 is 17.3 Å². The molecule has 2 aromatic rings. The molecular formula is C19H23F3N2O4S. The first-order valence-electron chi connectivity index (χ1n) is 8.80. The maximum Gasteiger partial charge on any atom is 0.443 e. The number of halogens is 3. The molecule has 6 nitrogen and oxygen atoms in total. The fourth-order valence-electron chi connectivity index (χ4n) is 2.53. The molecule has 0 saturated carbocycles. The van der Waals surface area contributed by atoms with Crippen LogP contribution in [0, 0.1) is 0 Å². The second kappa shape index (κ2) is 10.6. The number of benzene rings is 1. The van der Waals surface area contributed by atoms with E-state index in [9.17, 15) is 18.0 Å². The van der Waals surface area contributed by atoms with Gasteiger partial charge in [0.1, 0.15) is 11.9 Å². The number of hydrogen-bond acceptors (Lipinski definition) is 7. The topological polar surface area (TPSA) is 69.7 Å². The van der Waals surface area contributed by atoms with Gasteiger partial charge in [-0.2, -0.15) is 13.2 Å². The van der Waals surface area contributed by atoms with Crippen LogP contribution in [-0.4, -0.2) is 44.4 Å². The van der Waals surface area contributed by atoms with Crippen molar-refractivity contribution in [2.75, 3.05) is 27.4 Å².